The molecule has 4 heterocycles. The topological polar surface area (TPSA) is 68.0 Å². The number of hydrogen-bond acceptors (Lipinski definition) is 7. The molecule has 0 aliphatic carbocycles. The number of hydrogen-bond donors (Lipinski definition) is 0. The molecular formula is C23H25N3O4. The zero-order chi connectivity index (χ0) is 20.7. The lowest BCUT2D eigenvalue weighted by Gasteiger charge is -2.32. The molecule has 7 heteroatoms. The molecule has 156 valence electrons. The van der Waals surface area contributed by atoms with Crippen LogP contribution in [0.5, 0.6) is 11.5 Å². The molecule has 0 bridgehead atoms. The van der Waals surface area contributed by atoms with Gasteiger partial charge < -0.3 is 18.8 Å². The van der Waals surface area contributed by atoms with E-state index in [4.69, 9.17) is 13.9 Å². The van der Waals surface area contributed by atoms with Crippen molar-refractivity contribution in [1.82, 2.24) is 14.8 Å². The molecule has 2 aliphatic heterocycles. The van der Waals surface area contributed by atoms with Crippen molar-refractivity contribution in [3.8, 4) is 11.5 Å². The summed E-state index contributed by atoms with van der Waals surface area (Å²) >= 11 is 0. The lowest BCUT2D eigenvalue weighted by Crippen LogP contribution is -2.43. The number of carbonyl (C=O) groups is 1. The van der Waals surface area contributed by atoms with Crippen LogP contribution in [0.1, 0.15) is 27.4 Å². The van der Waals surface area contributed by atoms with Crippen LogP contribution in [0, 0.1) is 6.92 Å². The standard InChI is InChI=1S/C23H25N3O4/c1-15-23-18(17(13-24-15)14-26-7-5-25(2)6-8-26)12-21(30-23)22(27)16-3-4-19-20(11-16)29-10-9-28-19/h3-4,11-13H,5-10,14H2,1-2H3. The molecule has 0 N–H and O–H groups in total. The molecule has 1 fully saturated rings. The number of aryl methyl sites for hydroxylation is 1. The van der Waals surface area contributed by atoms with Gasteiger partial charge in [0, 0.05) is 49.9 Å². The Labute approximate surface area is 175 Å². The summed E-state index contributed by atoms with van der Waals surface area (Å²) in [7, 11) is 2.15. The molecule has 5 rings (SSSR count). The second kappa shape index (κ2) is 7.74. The number of likely N-dealkylation sites (N-methyl/N-ethyl adjacent to an activating group) is 1. The smallest absolute Gasteiger partial charge is 0.228 e. The van der Waals surface area contributed by atoms with E-state index in [-0.39, 0.29) is 5.78 Å². The van der Waals surface area contributed by atoms with Gasteiger partial charge in [0.15, 0.2) is 22.8 Å². The van der Waals surface area contributed by atoms with Crippen LogP contribution in [0.3, 0.4) is 0 Å². The Morgan fingerprint density at radius 2 is 1.83 bits per heavy atom. The number of aromatic nitrogens is 1. The highest BCUT2D eigenvalue weighted by Crippen LogP contribution is 2.33. The van der Waals surface area contributed by atoms with E-state index in [0.717, 1.165) is 49.4 Å². The molecule has 0 amide bonds. The number of nitrogens with zero attached hydrogens (tertiary/aromatic N) is 3. The molecule has 1 aromatic carbocycles. The summed E-state index contributed by atoms with van der Waals surface area (Å²) in [5, 5.41) is 0.960. The zero-order valence-electron chi connectivity index (χ0n) is 17.3. The Hall–Kier alpha value is -2.90. The number of piperazine rings is 1. The monoisotopic (exact) mass is 407 g/mol. The molecular weight excluding hydrogens is 382 g/mol. The first-order valence-corrected chi connectivity index (χ1v) is 10.3. The molecule has 3 aromatic rings. The van der Waals surface area contributed by atoms with Crippen molar-refractivity contribution in [3.63, 3.8) is 0 Å². The third-order valence-corrected chi connectivity index (χ3v) is 5.84. The van der Waals surface area contributed by atoms with Crippen LogP contribution < -0.4 is 9.47 Å². The molecule has 0 spiro atoms. The van der Waals surface area contributed by atoms with E-state index in [1.54, 1.807) is 18.2 Å². The molecule has 30 heavy (non-hydrogen) atoms. The number of fused-ring (bicyclic) bond motifs is 2. The maximum atomic E-state index is 13.1. The second-order valence-corrected chi connectivity index (χ2v) is 7.99. The van der Waals surface area contributed by atoms with Gasteiger partial charge in [-0.3, -0.25) is 14.7 Å². The fraction of sp³-hybridized carbons (Fsp3) is 0.391. The molecule has 0 atom stereocenters. The minimum Gasteiger partial charge on any atom is -0.486 e. The van der Waals surface area contributed by atoms with Crippen LogP contribution in [-0.2, 0) is 6.54 Å². The molecule has 1 saturated heterocycles. The van der Waals surface area contributed by atoms with Crippen molar-refractivity contribution >= 4 is 16.8 Å². The van der Waals surface area contributed by atoms with Crippen LogP contribution in [0.25, 0.3) is 11.0 Å². The highest BCUT2D eigenvalue weighted by molar-refractivity contribution is 6.09. The van der Waals surface area contributed by atoms with E-state index in [1.165, 1.54) is 0 Å². The molecule has 0 unspecified atom stereocenters. The van der Waals surface area contributed by atoms with Crippen molar-refractivity contribution in [3.05, 3.63) is 53.0 Å². The minimum absolute atomic E-state index is 0.173. The summed E-state index contributed by atoms with van der Waals surface area (Å²) in [6.45, 7) is 7.86. The minimum atomic E-state index is -0.173. The Balaban J connectivity index is 1.45. The predicted molar refractivity (Wildman–Crippen MR) is 112 cm³/mol. The first kappa shape index (κ1) is 19.1. The molecule has 2 aliphatic rings. The number of carbonyl (C=O) groups excluding carboxylic acids is 1. The van der Waals surface area contributed by atoms with Gasteiger partial charge in [-0.05, 0) is 43.8 Å². The van der Waals surface area contributed by atoms with E-state index >= 15 is 0 Å². The average Bonchev–Trinajstić information content (AvgIpc) is 3.23. The van der Waals surface area contributed by atoms with Gasteiger partial charge in [0.2, 0.25) is 5.78 Å². The summed E-state index contributed by atoms with van der Waals surface area (Å²) in [6.07, 6.45) is 1.91. The van der Waals surface area contributed by atoms with E-state index in [0.29, 0.717) is 41.6 Å². The Kier molecular flexibility index (Phi) is 4.92. The average molecular weight is 407 g/mol. The molecule has 0 saturated carbocycles. The van der Waals surface area contributed by atoms with Gasteiger partial charge >= 0.3 is 0 Å². The molecule has 0 radical (unpaired) electrons. The SMILES string of the molecule is Cc1ncc(CN2CCN(C)CC2)c2cc(C(=O)c3ccc4c(c3)OCCO4)oc12. The fourth-order valence-corrected chi connectivity index (χ4v) is 4.01. The summed E-state index contributed by atoms with van der Waals surface area (Å²) in [4.78, 5) is 22.4. The predicted octanol–water partition coefficient (Wildman–Crippen LogP) is 2.89. The Bertz CT molecular complexity index is 1100. The third-order valence-electron chi connectivity index (χ3n) is 5.84. The summed E-state index contributed by atoms with van der Waals surface area (Å²) in [6, 6.07) is 7.10. The number of ether oxygens (including phenoxy) is 2. The van der Waals surface area contributed by atoms with E-state index < -0.39 is 0 Å². The highest BCUT2D eigenvalue weighted by Gasteiger charge is 2.22. The number of pyridine rings is 1. The number of benzene rings is 1. The Morgan fingerprint density at radius 3 is 2.63 bits per heavy atom. The van der Waals surface area contributed by atoms with E-state index in [9.17, 15) is 4.79 Å². The molecule has 7 nitrogen and oxygen atoms in total. The normalized spacial score (nSPS) is 17.4. The van der Waals surface area contributed by atoms with Gasteiger partial charge in [-0.25, -0.2) is 0 Å². The van der Waals surface area contributed by atoms with Crippen molar-refractivity contribution in [2.45, 2.75) is 13.5 Å². The van der Waals surface area contributed by atoms with Gasteiger partial charge in [-0.2, -0.15) is 0 Å². The number of furan rings is 1. The summed E-state index contributed by atoms with van der Waals surface area (Å²) in [5.41, 5.74) is 3.07. The first-order valence-electron chi connectivity index (χ1n) is 10.3. The lowest BCUT2D eigenvalue weighted by molar-refractivity contribution is 0.101. The highest BCUT2D eigenvalue weighted by atomic mass is 16.6. The second-order valence-electron chi connectivity index (χ2n) is 7.99. The fourth-order valence-electron chi connectivity index (χ4n) is 4.01. The molecule has 2 aromatic heterocycles. The van der Waals surface area contributed by atoms with Gasteiger partial charge in [0.1, 0.15) is 13.2 Å². The van der Waals surface area contributed by atoms with Gasteiger partial charge in [-0.1, -0.05) is 0 Å². The van der Waals surface area contributed by atoms with E-state index in [1.807, 2.05) is 19.2 Å². The van der Waals surface area contributed by atoms with Crippen LogP contribution in [0.4, 0.5) is 0 Å². The van der Waals surface area contributed by atoms with Crippen LogP contribution in [0.15, 0.2) is 34.9 Å². The first-order chi connectivity index (χ1) is 14.6. The number of ketones is 1. The van der Waals surface area contributed by atoms with Crippen molar-refractivity contribution in [1.29, 1.82) is 0 Å². The van der Waals surface area contributed by atoms with Crippen molar-refractivity contribution in [2.75, 3.05) is 46.4 Å². The Morgan fingerprint density at radius 1 is 1.07 bits per heavy atom. The maximum Gasteiger partial charge on any atom is 0.228 e. The van der Waals surface area contributed by atoms with Crippen molar-refractivity contribution in [2.24, 2.45) is 0 Å². The van der Waals surface area contributed by atoms with Crippen molar-refractivity contribution < 1.29 is 18.7 Å². The summed E-state index contributed by atoms with van der Waals surface area (Å²) < 4.78 is 17.2. The van der Waals surface area contributed by atoms with Gasteiger partial charge in [0.25, 0.3) is 0 Å². The summed E-state index contributed by atoms with van der Waals surface area (Å²) in [5.74, 6) is 1.40. The van der Waals surface area contributed by atoms with Crippen LogP contribution >= 0.6 is 0 Å². The van der Waals surface area contributed by atoms with Gasteiger partial charge in [-0.15, -0.1) is 0 Å². The van der Waals surface area contributed by atoms with Crippen LogP contribution in [-0.4, -0.2) is 67.0 Å². The van der Waals surface area contributed by atoms with Crippen LogP contribution in [0.2, 0.25) is 0 Å². The van der Waals surface area contributed by atoms with Gasteiger partial charge in [0.05, 0.1) is 5.69 Å². The third kappa shape index (κ3) is 3.55. The number of rotatable bonds is 4. The van der Waals surface area contributed by atoms with E-state index in [2.05, 4.69) is 21.8 Å². The maximum absolute atomic E-state index is 13.1. The largest absolute Gasteiger partial charge is 0.486 e. The zero-order valence-corrected chi connectivity index (χ0v) is 17.3. The lowest BCUT2D eigenvalue weighted by atomic mass is 10.1. The quantitative estimate of drug-likeness (QED) is 0.616.